The van der Waals surface area contributed by atoms with Crippen molar-refractivity contribution in [2.45, 2.75) is 44.6 Å². The van der Waals surface area contributed by atoms with E-state index in [0.29, 0.717) is 41.7 Å². The van der Waals surface area contributed by atoms with Crippen LogP contribution in [0.15, 0.2) is 4.90 Å². The van der Waals surface area contributed by atoms with Crippen LogP contribution in [0, 0.1) is 19.8 Å². The van der Waals surface area contributed by atoms with Crippen LogP contribution < -0.4 is 0 Å². The molecule has 0 spiro atoms. The summed E-state index contributed by atoms with van der Waals surface area (Å²) in [5, 5.41) is 13.2. The first-order valence-corrected chi connectivity index (χ1v) is 8.43. The van der Waals surface area contributed by atoms with Crippen molar-refractivity contribution in [1.82, 2.24) is 14.1 Å². The first kappa shape index (κ1) is 15.5. The van der Waals surface area contributed by atoms with Crippen LogP contribution in [-0.4, -0.2) is 47.8 Å². The number of aromatic nitrogens is 2. The summed E-state index contributed by atoms with van der Waals surface area (Å²) in [6.07, 6.45) is 2.81. The van der Waals surface area contributed by atoms with Crippen molar-refractivity contribution < 1.29 is 13.5 Å². The second-order valence-corrected chi connectivity index (χ2v) is 7.51. The van der Waals surface area contributed by atoms with Crippen molar-refractivity contribution in [3.8, 4) is 0 Å². The van der Waals surface area contributed by atoms with Crippen molar-refractivity contribution in [1.29, 1.82) is 0 Å². The highest BCUT2D eigenvalue weighted by atomic mass is 32.2. The third-order valence-corrected chi connectivity index (χ3v) is 5.80. The van der Waals surface area contributed by atoms with Gasteiger partial charge in [-0.25, -0.2) is 12.7 Å². The van der Waals surface area contributed by atoms with E-state index < -0.39 is 10.0 Å². The van der Waals surface area contributed by atoms with Crippen LogP contribution in [0.25, 0.3) is 0 Å². The van der Waals surface area contributed by atoms with Crippen molar-refractivity contribution >= 4 is 10.0 Å². The summed E-state index contributed by atoms with van der Waals surface area (Å²) in [7, 11) is -1.84. The van der Waals surface area contributed by atoms with Crippen LogP contribution in [-0.2, 0) is 16.6 Å². The number of aliphatic hydroxyl groups is 1. The smallest absolute Gasteiger partial charge is 0.246 e. The first-order valence-electron chi connectivity index (χ1n) is 6.99. The topological polar surface area (TPSA) is 75.4 Å². The predicted molar refractivity (Wildman–Crippen MR) is 75.9 cm³/mol. The molecule has 0 aliphatic heterocycles. The quantitative estimate of drug-likeness (QED) is 0.812. The third kappa shape index (κ3) is 3.05. The molecule has 1 aliphatic rings. The monoisotopic (exact) mass is 301 g/mol. The zero-order valence-electron chi connectivity index (χ0n) is 12.3. The fourth-order valence-electron chi connectivity index (χ4n) is 2.41. The van der Waals surface area contributed by atoms with E-state index in [0.717, 1.165) is 12.8 Å². The van der Waals surface area contributed by atoms with E-state index in [1.165, 1.54) is 4.31 Å². The number of aliphatic hydroxyl groups excluding tert-OH is 1. The van der Waals surface area contributed by atoms with Crippen molar-refractivity contribution in [2.24, 2.45) is 5.92 Å². The van der Waals surface area contributed by atoms with Crippen LogP contribution in [0.5, 0.6) is 0 Å². The summed E-state index contributed by atoms with van der Waals surface area (Å²) < 4.78 is 28.4. The van der Waals surface area contributed by atoms with Gasteiger partial charge in [-0.2, -0.15) is 5.10 Å². The number of aryl methyl sites for hydroxylation is 2. The molecule has 0 aromatic carbocycles. The van der Waals surface area contributed by atoms with Crippen LogP contribution in [0.3, 0.4) is 0 Å². The molecule has 20 heavy (non-hydrogen) atoms. The molecule has 0 amide bonds. The molecule has 1 heterocycles. The predicted octanol–water partition coefficient (Wildman–Crippen LogP) is 0.913. The Morgan fingerprint density at radius 3 is 2.60 bits per heavy atom. The molecule has 6 nitrogen and oxygen atoms in total. The van der Waals surface area contributed by atoms with Crippen molar-refractivity contribution in [3.05, 3.63) is 11.4 Å². The van der Waals surface area contributed by atoms with Gasteiger partial charge in [-0.15, -0.1) is 0 Å². The largest absolute Gasteiger partial charge is 0.396 e. The summed E-state index contributed by atoms with van der Waals surface area (Å²) in [5.41, 5.74) is 1.18. The minimum atomic E-state index is -3.47. The van der Waals surface area contributed by atoms with E-state index >= 15 is 0 Å². The molecule has 1 N–H and O–H groups in total. The maximum Gasteiger partial charge on any atom is 0.246 e. The van der Waals surface area contributed by atoms with Crippen LogP contribution in [0.4, 0.5) is 0 Å². The Labute approximate surface area is 120 Å². The molecule has 1 aromatic rings. The number of hydrogen-bond donors (Lipinski definition) is 1. The summed E-state index contributed by atoms with van der Waals surface area (Å²) in [6.45, 7) is 4.69. The molecular weight excluding hydrogens is 278 g/mol. The maximum atomic E-state index is 12.6. The first-order chi connectivity index (χ1) is 9.37. The van der Waals surface area contributed by atoms with Gasteiger partial charge in [0.15, 0.2) is 0 Å². The Hall–Kier alpha value is -0.920. The Balaban J connectivity index is 2.28. The third-order valence-electron chi connectivity index (χ3n) is 3.72. The van der Waals surface area contributed by atoms with E-state index in [2.05, 4.69) is 5.10 Å². The van der Waals surface area contributed by atoms with Gasteiger partial charge < -0.3 is 5.11 Å². The Bertz CT molecular complexity index is 576. The lowest BCUT2D eigenvalue weighted by atomic mass is 10.4. The van der Waals surface area contributed by atoms with Gasteiger partial charge in [-0.3, -0.25) is 4.68 Å². The molecule has 1 aliphatic carbocycles. The second-order valence-electron chi connectivity index (χ2n) is 5.53. The minimum absolute atomic E-state index is 0.0714. The lowest BCUT2D eigenvalue weighted by Crippen LogP contribution is -2.29. The van der Waals surface area contributed by atoms with Crippen molar-refractivity contribution in [3.63, 3.8) is 0 Å². The molecule has 1 fully saturated rings. The van der Waals surface area contributed by atoms with Crippen molar-refractivity contribution in [2.75, 3.05) is 20.2 Å². The lowest BCUT2D eigenvalue weighted by molar-refractivity contribution is 0.276. The number of nitrogens with zero attached hydrogens (tertiary/aromatic N) is 3. The SMILES string of the molecule is Cc1nn(CCCO)c(C)c1S(=O)(=O)N(C)CC1CC1. The van der Waals surface area contributed by atoms with Gasteiger partial charge in [0.25, 0.3) is 0 Å². The van der Waals surface area contributed by atoms with Gasteiger partial charge in [0.1, 0.15) is 4.90 Å². The molecule has 0 saturated heterocycles. The molecule has 0 radical (unpaired) electrons. The summed E-state index contributed by atoms with van der Waals surface area (Å²) in [6, 6.07) is 0. The standard InChI is InChI=1S/C13H23N3O3S/c1-10-13(11(2)16(14-10)7-4-8-17)20(18,19)15(3)9-12-5-6-12/h12,17H,4-9H2,1-3H3. The number of sulfonamides is 1. The Morgan fingerprint density at radius 2 is 2.05 bits per heavy atom. The number of hydrogen-bond acceptors (Lipinski definition) is 4. The molecule has 7 heteroatoms. The molecule has 1 saturated carbocycles. The average molecular weight is 301 g/mol. The molecule has 0 atom stereocenters. The van der Waals surface area contributed by atoms with Gasteiger partial charge >= 0.3 is 0 Å². The highest BCUT2D eigenvalue weighted by Gasteiger charge is 2.32. The van der Waals surface area contributed by atoms with E-state index in [9.17, 15) is 8.42 Å². The highest BCUT2D eigenvalue weighted by molar-refractivity contribution is 7.89. The lowest BCUT2D eigenvalue weighted by Gasteiger charge is -2.17. The normalized spacial score (nSPS) is 16.1. The van der Waals surface area contributed by atoms with Gasteiger partial charge in [-0.1, -0.05) is 0 Å². The average Bonchev–Trinajstić information content (AvgIpc) is 3.12. The van der Waals surface area contributed by atoms with Gasteiger partial charge in [0.05, 0.1) is 11.4 Å². The van der Waals surface area contributed by atoms with Crippen LogP contribution in [0.1, 0.15) is 30.7 Å². The van der Waals surface area contributed by atoms with E-state index in [1.807, 2.05) is 0 Å². The summed E-state index contributed by atoms with van der Waals surface area (Å²) in [5.74, 6) is 0.514. The van der Waals surface area contributed by atoms with Gasteiger partial charge in [0, 0.05) is 26.7 Å². The van der Waals surface area contributed by atoms with Gasteiger partial charge in [0.2, 0.25) is 10.0 Å². The van der Waals surface area contributed by atoms with E-state index in [-0.39, 0.29) is 6.61 Å². The summed E-state index contributed by atoms with van der Waals surface area (Å²) >= 11 is 0. The zero-order chi connectivity index (χ0) is 14.9. The molecular formula is C13H23N3O3S. The molecule has 2 rings (SSSR count). The highest BCUT2D eigenvalue weighted by Crippen LogP contribution is 2.32. The maximum absolute atomic E-state index is 12.6. The molecule has 1 aromatic heterocycles. The number of rotatable bonds is 7. The Kier molecular flexibility index (Phi) is 4.51. The molecule has 0 unspecified atom stereocenters. The van der Waals surface area contributed by atoms with E-state index in [4.69, 9.17) is 5.11 Å². The second kappa shape index (κ2) is 5.83. The molecule has 0 bridgehead atoms. The molecule has 114 valence electrons. The zero-order valence-corrected chi connectivity index (χ0v) is 13.2. The van der Waals surface area contributed by atoms with Gasteiger partial charge in [-0.05, 0) is 39.0 Å². The van der Waals surface area contributed by atoms with Crippen LogP contribution in [0.2, 0.25) is 0 Å². The fourth-order valence-corrected chi connectivity index (χ4v) is 4.02. The summed E-state index contributed by atoms with van der Waals surface area (Å²) in [4.78, 5) is 0.318. The van der Waals surface area contributed by atoms with E-state index in [1.54, 1.807) is 25.6 Å². The Morgan fingerprint density at radius 1 is 1.40 bits per heavy atom. The minimum Gasteiger partial charge on any atom is -0.396 e. The fraction of sp³-hybridized carbons (Fsp3) is 0.769. The van der Waals surface area contributed by atoms with Crippen LogP contribution >= 0.6 is 0 Å².